The van der Waals surface area contributed by atoms with Crippen LogP contribution >= 0.6 is 0 Å². The number of rotatable bonds is 13. The highest BCUT2D eigenvalue weighted by molar-refractivity contribution is 6.08. The molecule has 0 heterocycles. The molecular weight excluding hydrogens is 258 g/mol. The van der Waals surface area contributed by atoms with Crippen molar-refractivity contribution in [1.82, 2.24) is 5.32 Å². The van der Waals surface area contributed by atoms with Gasteiger partial charge in [0.25, 0.3) is 0 Å². The molecule has 0 aliphatic rings. The van der Waals surface area contributed by atoms with Crippen molar-refractivity contribution in [2.75, 3.05) is 6.54 Å². The molecule has 0 saturated carbocycles. The maximum absolute atomic E-state index is 3.53. The van der Waals surface area contributed by atoms with Gasteiger partial charge in [0.05, 0.1) is 0 Å². The van der Waals surface area contributed by atoms with Gasteiger partial charge in [-0.2, -0.15) is 0 Å². The van der Waals surface area contributed by atoms with Crippen LogP contribution in [-0.4, -0.2) is 16.8 Å². The van der Waals surface area contributed by atoms with Gasteiger partial charge in [0.2, 0.25) is 0 Å². The highest BCUT2D eigenvalue weighted by Crippen LogP contribution is 2.10. The van der Waals surface area contributed by atoms with Crippen LogP contribution in [0.4, 0.5) is 0 Å². The largest absolute Gasteiger partial charge is 0.313 e. The van der Waals surface area contributed by atoms with E-state index < -0.39 is 0 Å². The SMILES string of the molecule is [SiH3]CCCCCCCCCCCNCc1ccccc1. The summed E-state index contributed by atoms with van der Waals surface area (Å²) in [5.74, 6) is 0. The summed E-state index contributed by atoms with van der Waals surface area (Å²) >= 11 is 0. The molecule has 20 heavy (non-hydrogen) atoms. The Balaban J connectivity index is 1.77. The van der Waals surface area contributed by atoms with Gasteiger partial charge >= 0.3 is 0 Å². The van der Waals surface area contributed by atoms with E-state index in [4.69, 9.17) is 0 Å². The fraction of sp³-hybridized carbons (Fsp3) is 0.667. The molecule has 0 unspecified atom stereocenters. The summed E-state index contributed by atoms with van der Waals surface area (Å²) in [7, 11) is 1.40. The number of hydrogen-bond donors (Lipinski definition) is 1. The van der Waals surface area contributed by atoms with Gasteiger partial charge < -0.3 is 5.32 Å². The third-order valence-corrected chi connectivity index (χ3v) is 4.59. The van der Waals surface area contributed by atoms with Gasteiger partial charge in [-0.25, -0.2) is 0 Å². The minimum Gasteiger partial charge on any atom is -0.313 e. The van der Waals surface area contributed by atoms with Crippen molar-refractivity contribution in [1.29, 1.82) is 0 Å². The molecule has 0 spiro atoms. The van der Waals surface area contributed by atoms with Gasteiger partial charge in [-0.05, 0) is 18.5 Å². The average molecular weight is 292 g/mol. The highest BCUT2D eigenvalue weighted by atomic mass is 28.1. The molecule has 114 valence electrons. The van der Waals surface area contributed by atoms with E-state index in [-0.39, 0.29) is 0 Å². The van der Waals surface area contributed by atoms with Crippen LogP contribution in [0, 0.1) is 0 Å². The molecule has 1 aromatic rings. The van der Waals surface area contributed by atoms with E-state index in [1.165, 1.54) is 79.6 Å². The first kappa shape index (κ1) is 17.4. The molecule has 2 heteroatoms. The van der Waals surface area contributed by atoms with Crippen LogP contribution in [0.2, 0.25) is 6.04 Å². The van der Waals surface area contributed by atoms with Crippen molar-refractivity contribution < 1.29 is 0 Å². The minimum atomic E-state index is 1.02. The number of hydrogen-bond acceptors (Lipinski definition) is 1. The first-order chi connectivity index (χ1) is 9.93. The molecule has 0 atom stereocenters. The lowest BCUT2D eigenvalue weighted by Gasteiger charge is -2.05. The van der Waals surface area contributed by atoms with Crippen molar-refractivity contribution in [3.63, 3.8) is 0 Å². The Bertz CT molecular complexity index is 300. The van der Waals surface area contributed by atoms with E-state index in [1.807, 2.05) is 0 Å². The predicted octanol–water partition coefficient (Wildman–Crippen LogP) is 4.07. The lowest BCUT2D eigenvalue weighted by molar-refractivity contribution is 0.549. The molecule has 0 bridgehead atoms. The second-order valence-corrected chi connectivity index (χ2v) is 6.84. The lowest BCUT2D eigenvalue weighted by atomic mass is 10.1. The van der Waals surface area contributed by atoms with Gasteiger partial charge in [0.1, 0.15) is 0 Å². The Labute approximate surface area is 129 Å². The maximum atomic E-state index is 3.53. The zero-order chi connectivity index (χ0) is 14.3. The molecule has 1 rings (SSSR count). The smallest absolute Gasteiger partial charge is 0.0205 e. The van der Waals surface area contributed by atoms with E-state index in [2.05, 4.69) is 35.6 Å². The van der Waals surface area contributed by atoms with E-state index in [9.17, 15) is 0 Å². The van der Waals surface area contributed by atoms with Gasteiger partial charge in [-0.3, -0.25) is 0 Å². The van der Waals surface area contributed by atoms with E-state index in [1.54, 1.807) is 0 Å². The summed E-state index contributed by atoms with van der Waals surface area (Å²) < 4.78 is 0. The van der Waals surface area contributed by atoms with Crippen molar-refractivity contribution in [2.24, 2.45) is 0 Å². The van der Waals surface area contributed by atoms with Crippen molar-refractivity contribution in [2.45, 2.75) is 70.4 Å². The van der Waals surface area contributed by atoms with E-state index in [0.29, 0.717) is 0 Å². The summed E-state index contributed by atoms with van der Waals surface area (Å²) in [5, 5.41) is 3.53. The minimum absolute atomic E-state index is 1.02. The Morgan fingerprint density at radius 3 is 1.85 bits per heavy atom. The molecular formula is C18H33NSi. The number of benzene rings is 1. The van der Waals surface area contributed by atoms with Crippen LogP contribution in [0.5, 0.6) is 0 Å². The molecule has 1 nitrogen and oxygen atoms in total. The summed E-state index contributed by atoms with van der Waals surface area (Å²) in [6.45, 7) is 2.18. The fourth-order valence-electron chi connectivity index (χ4n) is 2.57. The average Bonchev–Trinajstić information content (AvgIpc) is 2.49. The topological polar surface area (TPSA) is 12.0 Å². The normalized spacial score (nSPS) is 11.0. The zero-order valence-electron chi connectivity index (χ0n) is 13.4. The second kappa shape index (κ2) is 13.4. The van der Waals surface area contributed by atoms with Gasteiger partial charge in [-0.15, -0.1) is 0 Å². The molecule has 0 aromatic heterocycles. The summed E-state index contributed by atoms with van der Waals surface area (Å²) in [6.07, 6.45) is 12.9. The van der Waals surface area contributed by atoms with Crippen LogP contribution in [0.15, 0.2) is 30.3 Å². The van der Waals surface area contributed by atoms with Crippen LogP contribution in [-0.2, 0) is 6.54 Å². The highest BCUT2D eigenvalue weighted by Gasteiger charge is 1.93. The first-order valence-corrected chi connectivity index (χ1v) is 10.1. The van der Waals surface area contributed by atoms with Gasteiger partial charge in [0.15, 0.2) is 0 Å². The zero-order valence-corrected chi connectivity index (χ0v) is 15.4. The summed E-state index contributed by atoms with van der Waals surface area (Å²) in [5.41, 5.74) is 1.39. The monoisotopic (exact) mass is 291 g/mol. The fourth-order valence-corrected chi connectivity index (χ4v) is 3.07. The quantitative estimate of drug-likeness (QED) is 0.427. The van der Waals surface area contributed by atoms with E-state index in [0.717, 1.165) is 13.1 Å². The Morgan fingerprint density at radius 2 is 1.25 bits per heavy atom. The maximum Gasteiger partial charge on any atom is 0.0205 e. The van der Waals surface area contributed by atoms with Gasteiger partial charge in [-0.1, -0.05) is 87.7 Å². The van der Waals surface area contributed by atoms with Crippen LogP contribution in [0.25, 0.3) is 0 Å². The lowest BCUT2D eigenvalue weighted by Crippen LogP contribution is -2.14. The third kappa shape index (κ3) is 10.2. The van der Waals surface area contributed by atoms with Crippen LogP contribution in [0.3, 0.4) is 0 Å². The predicted molar refractivity (Wildman–Crippen MR) is 94.4 cm³/mol. The summed E-state index contributed by atoms with van der Waals surface area (Å²) in [6, 6.07) is 12.2. The molecule has 0 amide bonds. The number of unbranched alkanes of at least 4 members (excludes halogenated alkanes) is 8. The van der Waals surface area contributed by atoms with Gasteiger partial charge in [0, 0.05) is 16.8 Å². The molecule has 0 saturated heterocycles. The van der Waals surface area contributed by atoms with Crippen molar-refractivity contribution in [3.05, 3.63) is 35.9 Å². The molecule has 1 N–H and O–H groups in total. The van der Waals surface area contributed by atoms with Crippen molar-refractivity contribution >= 4 is 10.2 Å². The van der Waals surface area contributed by atoms with Crippen LogP contribution in [0.1, 0.15) is 63.4 Å². The van der Waals surface area contributed by atoms with Crippen LogP contribution < -0.4 is 5.32 Å². The second-order valence-electron chi connectivity index (χ2n) is 5.84. The Kier molecular flexibility index (Phi) is 11.7. The molecule has 0 aliphatic carbocycles. The molecule has 0 fully saturated rings. The molecule has 0 radical (unpaired) electrons. The van der Waals surface area contributed by atoms with Crippen molar-refractivity contribution in [3.8, 4) is 0 Å². The Morgan fingerprint density at radius 1 is 0.700 bits per heavy atom. The number of nitrogens with one attached hydrogen (secondary N) is 1. The molecule has 1 aromatic carbocycles. The molecule has 0 aliphatic heterocycles. The third-order valence-electron chi connectivity index (χ3n) is 3.88. The Hall–Kier alpha value is -0.603. The first-order valence-electron chi connectivity index (χ1n) is 8.68. The summed E-state index contributed by atoms with van der Waals surface area (Å²) in [4.78, 5) is 0. The standard InChI is InChI=1S/C18H33NSi/c20-16-12-7-5-3-1-2-4-6-11-15-19-17-18-13-9-8-10-14-18/h8-10,13-14,19H,1-7,11-12,15-17H2,20H3. The van der Waals surface area contributed by atoms with E-state index >= 15 is 0 Å².